The molecule has 0 unspecified atom stereocenters. The SMILES string of the molecule is COc1ccc(-c2oc3cc(O)cc(O)c3c(=O)c2O[C@@H]2O[C@@H](C)[C@H](O)[C@@H](O)[C@@H]2O)cc1O. The Bertz CT molecular complexity index is 1250. The van der Waals surface area contributed by atoms with Gasteiger partial charge in [-0.3, -0.25) is 4.79 Å². The second kappa shape index (κ2) is 8.45. The lowest BCUT2D eigenvalue weighted by Gasteiger charge is -2.38. The Kier molecular flexibility index (Phi) is 5.80. The first-order valence-corrected chi connectivity index (χ1v) is 9.88. The van der Waals surface area contributed by atoms with Gasteiger partial charge in [0, 0.05) is 17.7 Å². The number of phenols is 3. The summed E-state index contributed by atoms with van der Waals surface area (Å²) in [7, 11) is 1.35. The van der Waals surface area contributed by atoms with Crippen molar-refractivity contribution in [3.8, 4) is 40.1 Å². The molecule has 0 saturated carbocycles. The van der Waals surface area contributed by atoms with Crippen LogP contribution in [-0.2, 0) is 4.74 Å². The molecular weight excluding hydrogens is 440 g/mol. The molecule has 1 fully saturated rings. The molecule has 11 heteroatoms. The van der Waals surface area contributed by atoms with E-state index in [1.807, 2.05) is 0 Å². The number of methoxy groups -OCH3 is 1. The van der Waals surface area contributed by atoms with Gasteiger partial charge in [-0.15, -0.1) is 0 Å². The summed E-state index contributed by atoms with van der Waals surface area (Å²) >= 11 is 0. The van der Waals surface area contributed by atoms with Gasteiger partial charge in [-0.1, -0.05) is 0 Å². The standard InChI is InChI=1S/C22H22O11/c1-8-16(26)18(28)19(29)22(31-8)33-21-17(27)15-12(25)6-10(23)7-14(15)32-20(21)9-3-4-13(30-2)11(24)5-9/h3-8,16,18-19,22-26,28-29H,1-2H3/t8-,16-,18+,19-,22-/m0/s1. The molecule has 0 amide bonds. The van der Waals surface area contributed by atoms with Crippen LogP contribution in [0.3, 0.4) is 0 Å². The van der Waals surface area contributed by atoms with E-state index in [1.54, 1.807) is 0 Å². The van der Waals surface area contributed by atoms with Gasteiger partial charge in [0.2, 0.25) is 17.5 Å². The van der Waals surface area contributed by atoms with Crippen molar-refractivity contribution in [1.29, 1.82) is 0 Å². The van der Waals surface area contributed by atoms with E-state index in [0.717, 1.165) is 12.1 Å². The van der Waals surface area contributed by atoms with Gasteiger partial charge in [-0.05, 0) is 25.1 Å². The lowest BCUT2D eigenvalue weighted by Crippen LogP contribution is -2.58. The van der Waals surface area contributed by atoms with Crippen LogP contribution in [0.25, 0.3) is 22.3 Å². The number of hydrogen-bond donors (Lipinski definition) is 6. The maximum absolute atomic E-state index is 13.3. The largest absolute Gasteiger partial charge is 0.508 e. The molecule has 176 valence electrons. The monoisotopic (exact) mass is 462 g/mol. The van der Waals surface area contributed by atoms with E-state index < -0.39 is 47.6 Å². The summed E-state index contributed by atoms with van der Waals surface area (Å²) in [6.07, 6.45) is -7.26. The molecule has 6 N–H and O–H groups in total. The smallest absolute Gasteiger partial charge is 0.239 e. The quantitative estimate of drug-likeness (QED) is 0.323. The van der Waals surface area contributed by atoms with Crippen molar-refractivity contribution in [2.24, 2.45) is 0 Å². The van der Waals surface area contributed by atoms with Crippen LogP contribution >= 0.6 is 0 Å². The Labute approximate surface area is 186 Å². The molecule has 1 saturated heterocycles. The molecule has 0 radical (unpaired) electrons. The molecule has 2 heterocycles. The van der Waals surface area contributed by atoms with Gasteiger partial charge in [0.15, 0.2) is 17.3 Å². The van der Waals surface area contributed by atoms with Crippen LogP contribution < -0.4 is 14.9 Å². The number of phenolic OH excluding ortho intramolecular Hbond substituents is 3. The van der Waals surface area contributed by atoms with E-state index in [9.17, 15) is 35.4 Å². The molecular formula is C22H22O11. The van der Waals surface area contributed by atoms with Gasteiger partial charge in [0.05, 0.1) is 13.2 Å². The summed E-state index contributed by atoms with van der Waals surface area (Å²) in [5, 5.41) is 60.2. The summed E-state index contributed by atoms with van der Waals surface area (Å²) in [5.74, 6) is -1.80. The minimum Gasteiger partial charge on any atom is -0.508 e. The third-order valence-corrected chi connectivity index (χ3v) is 5.40. The lowest BCUT2D eigenvalue weighted by molar-refractivity contribution is -0.268. The van der Waals surface area contributed by atoms with Crippen molar-refractivity contribution < 1.29 is 49.3 Å². The van der Waals surface area contributed by atoms with Gasteiger partial charge in [0.25, 0.3) is 0 Å². The average molecular weight is 462 g/mol. The zero-order chi connectivity index (χ0) is 24.0. The third-order valence-electron chi connectivity index (χ3n) is 5.40. The van der Waals surface area contributed by atoms with Gasteiger partial charge in [0.1, 0.15) is 40.8 Å². The lowest BCUT2D eigenvalue weighted by atomic mass is 10.00. The van der Waals surface area contributed by atoms with Crippen molar-refractivity contribution >= 4 is 11.0 Å². The molecule has 0 bridgehead atoms. The molecule has 1 aromatic heterocycles. The zero-order valence-electron chi connectivity index (χ0n) is 17.5. The minimum atomic E-state index is -1.73. The average Bonchev–Trinajstić information content (AvgIpc) is 2.76. The van der Waals surface area contributed by atoms with Crippen molar-refractivity contribution in [3.63, 3.8) is 0 Å². The summed E-state index contributed by atoms with van der Waals surface area (Å²) in [6, 6.07) is 6.15. The molecule has 2 aromatic carbocycles. The Hall–Kier alpha value is -3.51. The van der Waals surface area contributed by atoms with Crippen molar-refractivity contribution in [2.45, 2.75) is 37.6 Å². The molecule has 4 rings (SSSR count). The molecule has 1 aliphatic rings. The normalized spacial score (nSPS) is 25.2. The highest BCUT2D eigenvalue weighted by atomic mass is 16.7. The van der Waals surface area contributed by atoms with E-state index in [4.69, 9.17) is 18.6 Å². The summed E-state index contributed by atoms with van der Waals surface area (Å²) in [6.45, 7) is 1.44. The molecule has 0 aliphatic carbocycles. The number of aromatic hydroxyl groups is 3. The Balaban J connectivity index is 1.91. The highest BCUT2D eigenvalue weighted by molar-refractivity contribution is 5.88. The molecule has 11 nitrogen and oxygen atoms in total. The van der Waals surface area contributed by atoms with Crippen LogP contribution in [0.4, 0.5) is 0 Å². The fraction of sp³-hybridized carbons (Fsp3) is 0.318. The second-order valence-corrected chi connectivity index (χ2v) is 7.61. The Morgan fingerprint density at radius 3 is 2.33 bits per heavy atom. The second-order valence-electron chi connectivity index (χ2n) is 7.61. The third kappa shape index (κ3) is 3.91. The van der Waals surface area contributed by atoms with Crippen LogP contribution in [0, 0.1) is 0 Å². The van der Waals surface area contributed by atoms with Crippen molar-refractivity contribution in [1.82, 2.24) is 0 Å². The molecule has 1 aliphatic heterocycles. The van der Waals surface area contributed by atoms with Crippen LogP contribution in [0.2, 0.25) is 0 Å². The summed E-state index contributed by atoms with van der Waals surface area (Å²) in [5.41, 5.74) is -0.892. The topological polar surface area (TPSA) is 179 Å². The van der Waals surface area contributed by atoms with Crippen LogP contribution in [-0.4, -0.2) is 68.5 Å². The highest BCUT2D eigenvalue weighted by Crippen LogP contribution is 2.39. The molecule has 3 aromatic rings. The first-order valence-electron chi connectivity index (χ1n) is 9.88. The molecule has 5 atom stereocenters. The van der Waals surface area contributed by atoms with Gasteiger partial charge < -0.3 is 49.3 Å². The Morgan fingerprint density at radius 2 is 1.67 bits per heavy atom. The van der Waals surface area contributed by atoms with Crippen molar-refractivity contribution in [2.75, 3.05) is 7.11 Å². The predicted molar refractivity (Wildman–Crippen MR) is 112 cm³/mol. The van der Waals surface area contributed by atoms with Crippen molar-refractivity contribution in [3.05, 3.63) is 40.6 Å². The van der Waals surface area contributed by atoms with E-state index >= 15 is 0 Å². The van der Waals surface area contributed by atoms with Gasteiger partial charge >= 0.3 is 0 Å². The summed E-state index contributed by atoms with van der Waals surface area (Å²) < 4.78 is 21.8. The maximum atomic E-state index is 13.3. The highest BCUT2D eigenvalue weighted by Gasteiger charge is 2.44. The number of aliphatic hydroxyl groups is 3. The number of fused-ring (bicyclic) bond motifs is 1. The zero-order valence-corrected chi connectivity index (χ0v) is 17.5. The maximum Gasteiger partial charge on any atom is 0.239 e. The number of ether oxygens (including phenoxy) is 3. The van der Waals surface area contributed by atoms with E-state index in [1.165, 1.54) is 32.2 Å². The minimum absolute atomic E-state index is 0.150. The number of hydrogen-bond acceptors (Lipinski definition) is 11. The number of benzene rings is 2. The fourth-order valence-electron chi connectivity index (χ4n) is 3.62. The first kappa shape index (κ1) is 22.7. The fourth-order valence-corrected chi connectivity index (χ4v) is 3.62. The van der Waals surface area contributed by atoms with Gasteiger partial charge in [-0.25, -0.2) is 0 Å². The summed E-state index contributed by atoms with van der Waals surface area (Å²) in [4.78, 5) is 13.3. The van der Waals surface area contributed by atoms with Crippen LogP contribution in [0.1, 0.15) is 6.92 Å². The molecule has 33 heavy (non-hydrogen) atoms. The van der Waals surface area contributed by atoms with E-state index in [-0.39, 0.29) is 39.5 Å². The first-order chi connectivity index (χ1) is 15.6. The van der Waals surface area contributed by atoms with Crippen LogP contribution in [0.15, 0.2) is 39.5 Å². The van der Waals surface area contributed by atoms with Crippen LogP contribution in [0.5, 0.6) is 28.7 Å². The van der Waals surface area contributed by atoms with E-state index in [0.29, 0.717) is 0 Å². The predicted octanol–water partition coefficient (Wildman–Crippen LogP) is 0.792. The molecule has 0 spiro atoms. The Morgan fingerprint density at radius 1 is 0.939 bits per heavy atom. The van der Waals surface area contributed by atoms with Gasteiger partial charge in [-0.2, -0.15) is 0 Å². The van der Waals surface area contributed by atoms with E-state index in [2.05, 4.69) is 0 Å². The number of aliphatic hydroxyl groups excluding tert-OH is 3. The number of rotatable bonds is 4.